The molecule has 0 aliphatic carbocycles. The normalized spacial score (nSPS) is 10.2. The van der Waals surface area contributed by atoms with E-state index in [2.05, 4.69) is 39.2 Å². The summed E-state index contributed by atoms with van der Waals surface area (Å²) < 4.78 is 6.21. The molecule has 1 aromatic heterocycles. The Morgan fingerprint density at radius 1 is 1.22 bits per heavy atom. The lowest BCUT2D eigenvalue weighted by Gasteiger charge is -2.10. The smallest absolute Gasteiger partial charge is 0.213 e. The van der Waals surface area contributed by atoms with E-state index in [4.69, 9.17) is 4.74 Å². The number of nitrogens with zero attached hydrogens (tertiary/aromatic N) is 1. The number of hydrogen-bond acceptors (Lipinski definition) is 3. The van der Waals surface area contributed by atoms with Crippen LogP contribution >= 0.6 is 15.9 Å². The fourth-order valence-electron chi connectivity index (χ4n) is 1.65. The summed E-state index contributed by atoms with van der Waals surface area (Å²) in [5, 5.41) is 3.37. The van der Waals surface area contributed by atoms with Gasteiger partial charge in [-0.1, -0.05) is 28.1 Å². The van der Waals surface area contributed by atoms with Gasteiger partial charge in [0.15, 0.2) is 0 Å². The standard InChI is InChI=1S/C14H15BrN2O/c1-10-12(15)6-4-7-13(10)16-9-11-5-3-8-14(17-11)18-2/h3-8,16H,9H2,1-2H3. The van der Waals surface area contributed by atoms with Crippen LogP contribution < -0.4 is 10.1 Å². The zero-order valence-corrected chi connectivity index (χ0v) is 12.0. The minimum Gasteiger partial charge on any atom is -0.481 e. The minimum absolute atomic E-state index is 0.639. The van der Waals surface area contributed by atoms with E-state index >= 15 is 0 Å². The van der Waals surface area contributed by atoms with E-state index in [1.807, 2.05) is 30.3 Å². The van der Waals surface area contributed by atoms with Gasteiger partial charge in [0.05, 0.1) is 19.3 Å². The summed E-state index contributed by atoms with van der Waals surface area (Å²) in [4.78, 5) is 4.36. The van der Waals surface area contributed by atoms with Gasteiger partial charge in [-0.3, -0.25) is 0 Å². The highest BCUT2D eigenvalue weighted by atomic mass is 79.9. The monoisotopic (exact) mass is 306 g/mol. The molecule has 3 nitrogen and oxygen atoms in total. The fraction of sp³-hybridized carbons (Fsp3) is 0.214. The van der Waals surface area contributed by atoms with Crippen molar-refractivity contribution in [2.45, 2.75) is 13.5 Å². The van der Waals surface area contributed by atoms with Crippen molar-refractivity contribution in [3.05, 3.63) is 52.1 Å². The Labute approximate surface area is 115 Å². The average molecular weight is 307 g/mol. The first-order valence-electron chi connectivity index (χ1n) is 5.69. The van der Waals surface area contributed by atoms with Gasteiger partial charge in [0.2, 0.25) is 5.88 Å². The summed E-state index contributed by atoms with van der Waals surface area (Å²) in [5.41, 5.74) is 3.25. The van der Waals surface area contributed by atoms with Gasteiger partial charge in [-0.25, -0.2) is 4.98 Å². The van der Waals surface area contributed by atoms with Crippen molar-refractivity contribution in [1.29, 1.82) is 0 Å². The molecule has 0 saturated heterocycles. The Balaban J connectivity index is 2.09. The highest BCUT2D eigenvalue weighted by Gasteiger charge is 2.02. The zero-order chi connectivity index (χ0) is 13.0. The summed E-state index contributed by atoms with van der Waals surface area (Å²) in [6.45, 7) is 2.75. The zero-order valence-electron chi connectivity index (χ0n) is 10.4. The molecule has 1 aromatic carbocycles. The molecule has 2 aromatic rings. The lowest BCUT2D eigenvalue weighted by molar-refractivity contribution is 0.396. The quantitative estimate of drug-likeness (QED) is 0.933. The Hall–Kier alpha value is -1.55. The van der Waals surface area contributed by atoms with Crippen molar-refractivity contribution in [3.63, 3.8) is 0 Å². The molecule has 0 radical (unpaired) electrons. The molecule has 0 amide bonds. The lowest BCUT2D eigenvalue weighted by Crippen LogP contribution is -2.03. The minimum atomic E-state index is 0.639. The third-order valence-corrected chi connectivity index (χ3v) is 3.58. The maximum Gasteiger partial charge on any atom is 0.213 e. The predicted molar refractivity (Wildman–Crippen MR) is 77.0 cm³/mol. The van der Waals surface area contributed by atoms with Crippen LogP contribution in [0, 0.1) is 6.92 Å². The van der Waals surface area contributed by atoms with E-state index in [0.717, 1.165) is 15.9 Å². The maximum atomic E-state index is 5.10. The largest absolute Gasteiger partial charge is 0.481 e. The van der Waals surface area contributed by atoms with Crippen molar-refractivity contribution < 1.29 is 4.74 Å². The van der Waals surface area contributed by atoms with Crippen molar-refractivity contribution in [3.8, 4) is 5.88 Å². The van der Waals surface area contributed by atoms with Crippen molar-refractivity contribution >= 4 is 21.6 Å². The fourth-order valence-corrected chi connectivity index (χ4v) is 2.02. The van der Waals surface area contributed by atoms with Gasteiger partial charge in [0.1, 0.15) is 0 Å². The van der Waals surface area contributed by atoms with Crippen molar-refractivity contribution in [1.82, 2.24) is 4.98 Å². The second kappa shape index (κ2) is 5.87. The Bertz CT molecular complexity index is 543. The van der Waals surface area contributed by atoms with Crippen LogP contribution in [0.5, 0.6) is 5.88 Å². The number of hydrogen-bond donors (Lipinski definition) is 1. The van der Waals surface area contributed by atoms with Crippen LogP contribution in [0.3, 0.4) is 0 Å². The Kier molecular flexibility index (Phi) is 4.20. The third-order valence-electron chi connectivity index (χ3n) is 2.72. The number of rotatable bonds is 4. The molecule has 0 bridgehead atoms. The first kappa shape index (κ1) is 12.9. The second-order valence-corrected chi connectivity index (χ2v) is 4.79. The van der Waals surface area contributed by atoms with Gasteiger partial charge >= 0.3 is 0 Å². The summed E-state index contributed by atoms with van der Waals surface area (Å²) in [5.74, 6) is 0.639. The number of anilines is 1. The van der Waals surface area contributed by atoms with Crippen LogP contribution in [0.25, 0.3) is 0 Å². The molecule has 94 valence electrons. The molecule has 18 heavy (non-hydrogen) atoms. The van der Waals surface area contributed by atoms with E-state index in [-0.39, 0.29) is 0 Å². The van der Waals surface area contributed by atoms with E-state index in [1.165, 1.54) is 5.56 Å². The second-order valence-electron chi connectivity index (χ2n) is 3.94. The molecule has 4 heteroatoms. The van der Waals surface area contributed by atoms with Crippen LogP contribution in [0.4, 0.5) is 5.69 Å². The summed E-state index contributed by atoms with van der Waals surface area (Å²) >= 11 is 3.52. The van der Waals surface area contributed by atoms with Gasteiger partial charge in [-0.2, -0.15) is 0 Å². The van der Waals surface area contributed by atoms with Gasteiger partial charge in [0.25, 0.3) is 0 Å². The van der Waals surface area contributed by atoms with Crippen LogP contribution in [0.15, 0.2) is 40.9 Å². The topological polar surface area (TPSA) is 34.1 Å². The molecule has 0 fully saturated rings. The molecule has 2 rings (SSSR count). The highest BCUT2D eigenvalue weighted by Crippen LogP contribution is 2.23. The summed E-state index contributed by atoms with van der Waals surface area (Å²) in [6, 6.07) is 11.9. The molecular weight excluding hydrogens is 292 g/mol. The highest BCUT2D eigenvalue weighted by molar-refractivity contribution is 9.10. The number of ether oxygens (including phenoxy) is 1. The number of benzene rings is 1. The van der Waals surface area contributed by atoms with Gasteiger partial charge in [-0.05, 0) is 30.7 Å². The number of aromatic nitrogens is 1. The van der Waals surface area contributed by atoms with Crippen LogP contribution in [0.1, 0.15) is 11.3 Å². The molecule has 0 spiro atoms. The Morgan fingerprint density at radius 3 is 2.78 bits per heavy atom. The van der Waals surface area contributed by atoms with Crippen LogP contribution in [-0.2, 0) is 6.54 Å². The van der Waals surface area contributed by atoms with E-state index in [1.54, 1.807) is 7.11 Å². The van der Waals surface area contributed by atoms with E-state index in [9.17, 15) is 0 Å². The molecule has 1 N–H and O–H groups in total. The van der Waals surface area contributed by atoms with Gasteiger partial charge in [-0.15, -0.1) is 0 Å². The molecule has 0 atom stereocenters. The molecule has 0 aliphatic heterocycles. The summed E-state index contributed by atoms with van der Waals surface area (Å²) in [6.07, 6.45) is 0. The van der Waals surface area contributed by atoms with Crippen molar-refractivity contribution in [2.24, 2.45) is 0 Å². The van der Waals surface area contributed by atoms with E-state index in [0.29, 0.717) is 12.4 Å². The van der Waals surface area contributed by atoms with E-state index < -0.39 is 0 Å². The number of methoxy groups -OCH3 is 1. The first-order chi connectivity index (χ1) is 8.70. The number of pyridine rings is 1. The summed E-state index contributed by atoms with van der Waals surface area (Å²) in [7, 11) is 1.62. The van der Waals surface area contributed by atoms with Gasteiger partial charge < -0.3 is 10.1 Å². The molecule has 0 saturated carbocycles. The first-order valence-corrected chi connectivity index (χ1v) is 6.49. The molecule has 0 unspecified atom stereocenters. The lowest BCUT2D eigenvalue weighted by atomic mass is 10.2. The third kappa shape index (κ3) is 3.01. The number of nitrogens with one attached hydrogen (secondary N) is 1. The van der Waals surface area contributed by atoms with Crippen LogP contribution in [-0.4, -0.2) is 12.1 Å². The Morgan fingerprint density at radius 2 is 2.00 bits per heavy atom. The average Bonchev–Trinajstić information content (AvgIpc) is 2.41. The predicted octanol–water partition coefficient (Wildman–Crippen LogP) is 3.77. The maximum absolute atomic E-state index is 5.10. The SMILES string of the molecule is COc1cccc(CNc2cccc(Br)c2C)n1. The van der Waals surface area contributed by atoms with Crippen LogP contribution in [0.2, 0.25) is 0 Å². The van der Waals surface area contributed by atoms with Gasteiger partial charge in [0, 0.05) is 16.2 Å². The number of halogens is 1. The molecule has 0 aliphatic rings. The van der Waals surface area contributed by atoms with Crippen molar-refractivity contribution in [2.75, 3.05) is 12.4 Å². The molecular formula is C14H15BrN2O. The molecule has 1 heterocycles.